The third-order valence-corrected chi connectivity index (χ3v) is 7.01. The number of halogens is 2. The average Bonchev–Trinajstić information content (AvgIpc) is 3.46. The number of imide groups is 1. The van der Waals surface area contributed by atoms with E-state index in [-0.39, 0.29) is 30.1 Å². The highest BCUT2D eigenvalue weighted by Gasteiger charge is 2.55. The molecule has 3 aliphatic rings. The molecule has 2 atom stereocenters. The highest BCUT2D eigenvalue weighted by molar-refractivity contribution is 6.42. The Hall–Kier alpha value is -1.79. The van der Waals surface area contributed by atoms with Crippen LogP contribution in [-0.4, -0.2) is 41.4 Å². The molecule has 0 radical (unpaired) electrons. The Kier molecular flexibility index (Phi) is 5.04. The highest BCUT2D eigenvalue weighted by Crippen LogP contribution is 2.44. The summed E-state index contributed by atoms with van der Waals surface area (Å²) in [5.41, 5.74) is 1.21. The second-order valence-corrected chi connectivity index (χ2v) is 8.86. The van der Waals surface area contributed by atoms with Crippen LogP contribution < -0.4 is 10.6 Å². The van der Waals surface area contributed by atoms with Crippen molar-refractivity contribution in [2.75, 3.05) is 13.1 Å². The zero-order valence-corrected chi connectivity index (χ0v) is 17.2. The van der Waals surface area contributed by atoms with E-state index in [4.69, 9.17) is 23.2 Å². The van der Waals surface area contributed by atoms with Gasteiger partial charge in [-0.05, 0) is 48.8 Å². The second kappa shape index (κ2) is 7.23. The van der Waals surface area contributed by atoms with Gasteiger partial charge in [0.05, 0.1) is 10.0 Å². The molecule has 4 amide bonds. The first kappa shape index (κ1) is 19.5. The van der Waals surface area contributed by atoms with Crippen LogP contribution in [0.5, 0.6) is 0 Å². The topological polar surface area (TPSA) is 78.5 Å². The Balaban J connectivity index is 1.45. The first-order chi connectivity index (χ1) is 13.3. The van der Waals surface area contributed by atoms with Crippen molar-refractivity contribution in [1.29, 1.82) is 0 Å². The van der Waals surface area contributed by atoms with Crippen molar-refractivity contribution in [2.24, 2.45) is 5.92 Å². The lowest BCUT2D eigenvalue weighted by Gasteiger charge is -2.28. The van der Waals surface area contributed by atoms with E-state index in [1.807, 2.05) is 17.9 Å². The molecule has 8 heteroatoms. The molecule has 6 nitrogen and oxygen atoms in total. The minimum atomic E-state index is -0.927. The second-order valence-electron chi connectivity index (χ2n) is 8.08. The minimum absolute atomic E-state index is 0.00384. The number of carbonyl (C=O) groups is 3. The van der Waals surface area contributed by atoms with Crippen molar-refractivity contribution in [3.8, 4) is 0 Å². The van der Waals surface area contributed by atoms with Crippen LogP contribution >= 0.6 is 23.2 Å². The van der Waals surface area contributed by atoms with Gasteiger partial charge in [0.15, 0.2) is 0 Å². The SMILES string of the molecule is C[C@H]1CN(C(=O)CC[C@@]2(C3CC3)NC(=O)NC2=O)CCc2ccc(Cl)c(Cl)c21. The number of carbonyl (C=O) groups excluding carboxylic acids is 3. The normalized spacial score (nSPS) is 27.1. The molecule has 0 unspecified atom stereocenters. The summed E-state index contributed by atoms with van der Waals surface area (Å²) in [6.07, 6.45) is 3.07. The molecule has 2 heterocycles. The van der Waals surface area contributed by atoms with Crippen LogP contribution in [0.2, 0.25) is 10.0 Å². The van der Waals surface area contributed by atoms with Crippen LogP contribution in [0.3, 0.4) is 0 Å². The monoisotopic (exact) mass is 423 g/mol. The lowest BCUT2D eigenvalue weighted by molar-refractivity contribution is -0.132. The molecule has 2 fully saturated rings. The molecule has 2 N–H and O–H groups in total. The van der Waals surface area contributed by atoms with Gasteiger partial charge in [-0.25, -0.2) is 4.79 Å². The Morgan fingerprint density at radius 2 is 2.04 bits per heavy atom. The van der Waals surface area contributed by atoms with Crippen LogP contribution in [0.25, 0.3) is 0 Å². The summed E-state index contributed by atoms with van der Waals surface area (Å²) >= 11 is 12.6. The number of urea groups is 1. The number of nitrogens with one attached hydrogen (secondary N) is 2. The molecule has 1 saturated carbocycles. The van der Waals surface area contributed by atoms with E-state index in [1.54, 1.807) is 6.07 Å². The Morgan fingerprint density at radius 1 is 1.29 bits per heavy atom. The molecule has 1 saturated heterocycles. The van der Waals surface area contributed by atoms with E-state index in [0.717, 1.165) is 24.0 Å². The summed E-state index contributed by atoms with van der Waals surface area (Å²) < 4.78 is 0. The predicted molar refractivity (Wildman–Crippen MR) is 107 cm³/mol. The van der Waals surface area contributed by atoms with Crippen molar-refractivity contribution in [3.05, 3.63) is 33.3 Å². The molecule has 0 aromatic heterocycles. The number of fused-ring (bicyclic) bond motifs is 1. The maximum atomic E-state index is 13.0. The van der Waals surface area contributed by atoms with Gasteiger partial charge in [0.1, 0.15) is 5.54 Å². The number of hydrogen-bond donors (Lipinski definition) is 2. The fourth-order valence-corrected chi connectivity index (χ4v) is 5.10. The first-order valence-electron chi connectivity index (χ1n) is 9.70. The van der Waals surface area contributed by atoms with Crippen molar-refractivity contribution in [3.63, 3.8) is 0 Å². The van der Waals surface area contributed by atoms with Gasteiger partial charge in [0.25, 0.3) is 5.91 Å². The smallest absolute Gasteiger partial charge is 0.322 e. The van der Waals surface area contributed by atoms with Crippen LogP contribution in [-0.2, 0) is 16.0 Å². The largest absolute Gasteiger partial charge is 0.342 e. The van der Waals surface area contributed by atoms with Gasteiger partial charge in [-0.3, -0.25) is 14.9 Å². The highest BCUT2D eigenvalue weighted by atomic mass is 35.5. The lowest BCUT2D eigenvalue weighted by atomic mass is 9.87. The summed E-state index contributed by atoms with van der Waals surface area (Å²) in [6, 6.07) is 3.32. The lowest BCUT2D eigenvalue weighted by Crippen LogP contribution is -2.50. The predicted octanol–water partition coefficient (Wildman–Crippen LogP) is 3.25. The maximum absolute atomic E-state index is 13.0. The van der Waals surface area contributed by atoms with E-state index in [1.165, 1.54) is 0 Å². The minimum Gasteiger partial charge on any atom is -0.342 e. The van der Waals surface area contributed by atoms with Crippen LogP contribution in [0.4, 0.5) is 4.79 Å². The first-order valence-corrected chi connectivity index (χ1v) is 10.5. The van der Waals surface area contributed by atoms with Crippen molar-refractivity contribution >= 4 is 41.0 Å². The van der Waals surface area contributed by atoms with Crippen LogP contribution in [0.15, 0.2) is 12.1 Å². The van der Waals surface area contributed by atoms with Crippen LogP contribution in [0.1, 0.15) is 49.7 Å². The molecular formula is C20H23Cl2N3O3. The van der Waals surface area contributed by atoms with Gasteiger partial charge in [-0.2, -0.15) is 0 Å². The van der Waals surface area contributed by atoms with Gasteiger partial charge < -0.3 is 10.2 Å². The summed E-state index contributed by atoms with van der Waals surface area (Å²) in [5.74, 6) is -0.110. The summed E-state index contributed by atoms with van der Waals surface area (Å²) in [7, 11) is 0. The standard InChI is InChI=1S/C20H23Cl2N3O3/c1-11-10-25(9-7-12-2-5-14(21)17(22)16(11)12)15(26)6-8-20(13-3-4-13)18(27)23-19(28)24-20/h2,5,11,13H,3-4,6-10H2,1H3,(H2,23,24,27,28)/t11-,20-/m0/s1. The molecule has 0 bridgehead atoms. The Bertz CT molecular complexity index is 855. The Labute approximate surface area is 173 Å². The van der Waals surface area contributed by atoms with E-state index in [0.29, 0.717) is 36.0 Å². The summed E-state index contributed by atoms with van der Waals surface area (Å²) in [6.45, 7) is 3.20. The quantitative estimate of drug-likeness (QED) is 0.729. The van der Waals surface area contributed by atoms with E-state index in [2.05, 4.69) is 10.6 Å². The summed E-state index contributed by atoms with van der Waals surface area (Å²) in [4.78, 5) is 38.8. The number of rotatable bonds is 4. The van der Waals surface area contributed by atoms with Gasteiger partial charge in [0.2, 0.25) is 5.91 Å². The zero-order valence-electron chi connectivity index (χ0n) is 15.7. The van der Waals surface area contributed by atoms with Crippen molar-refractivity contribution in [2.45, 2.75) is 50.5 Å². The number of benzene rings is 1. The fourth-order valence-electron chi connectivity index (χ4n) is 4.56. The molecule has 28 heavy (non-hydrogen) atoms. The van der Waals surface area contributed by atoms with Gasteiger partial charge in [0, 0.05) is 25.4 Å². The van der Waals surface area contributed by atoms with E-state index in [9.17, 15) is 14.4 Å². The Morgan fingerprint density at radius 3 is 2.68 bits per heavy atom. The molecular weight excluding hydrogens is 401 g/mol. The van der Waals surface area contributed by atoms with Gasteiger partial charge >= 0.3 is 6.03 Å². The van der Waals surface area contributed by atoms with Crippen LogP contribution in [0, 0.1) is 5.92 Å². The maximum Gasteiger partial charge on any atom is 0.322 e. The zero-order chi connectivity index (χ0) is 20.1. The number of hydrogen-bond acceptors (Lipinski definition) is 3. The third kappa shape index (κ3) is 3.37. The molecule has 1 aromatic rings. The molecule has 4 rings (SSSR count). The number of amides is 4. The molecule has 150 valence electrons. The molecule has 2 aliphatic heterocycles. The van der Waals surface area contributed by atoms with Crippen molar-refractivity contribution < 1.29 is 14.4 Å². The van der Waals surface area contributed by atoms with Crippen molar-refractivity contribution in [1.82, 2.24) is 15.5 Å². The third-order valence-electron chi connectivity index (χ3n) is 6.19. The van der Waals surface area contributed by atoms with Gasteiger partial charge in [-0.15, -0.1) is 0 Å². The van der Waals surface area contributed by atoms with E-state index < -0.39 is 11.6 Å². The summed E-state index contributed by atoms with van der Waals surface area (Å²) in [5, 5.41) is 6.21. The molecule has 1 aromatic carbocycles. The van der Waals surface area contributed by atoms with Gasteiger partial charge in [-0.1, -0.05) is 36.2 Å². The molecule has 0 spiro atoms. The average molecular weight is 424 g/mol. The van der Waals surface area contributed by atoms with E-state index >= 15 is 0 Å². The fraction of sp³-hybridized carbons (Fsp3) is 0.550. The number of nitrogens with zero attached hydrogens (tertiary/aromatic N) is 1. The molecule has 1 aliphatic carbocycles.